The van der Waals surface area contributed by atoms with Crippen LogP contribution in [0.3, 0.4) is 0 Å². The van der Waals surface area contributed by atoms with E-state index in [0.29, 0.717) is 23.5 Å². The summed E-state index contributed by atoms with van der Waals surface area (Å²) in [4.78, 5) is 25.3. The van der Waals surface area contributed by atoms with Crippen molar-refractivity contribution in [2.45, 2.75) is 26.9 Å². The van der Waals surface area contributed by atoms with Crippen LogP contribution in [0.15, 0.2) is 53.5 Å². The fourth-order valence-electron chi connectivity index (χ4n) is 2.81. The Morgan fingerprint density at radius 3 is 2.56 bits per heavy atom. The van der Waals surface area contributed by atoms with E-state index in [1.165, 1.54) is 0 Å². The van der Waals surface area contributed by atoms with E-state index in [0.717, 1.165) is 16.6 Å². The molecule has 1 aromatic heterocycles. The molecule has 128 valence electrons. The third-order valence-corrected chi connectivity index (χ3v) is 4.44. The van der Waals surface area contributed by atoms with Crippen LogP contribution in [0.1, 0.15) is 28.4 Å². The number of pyridine rings is 1. The van der Waals surface area contributed by atoms with Gasteiger partial charge in [0.2, 0.25) is 5.43 Å². The summed E-state index contributed by atoms with van der Waals surface area (Å²) in [5.74, 6) is -0.370. The number of rotatable bonds is 4. The second kappa shape index (κ2) is 7.11. The van der Waals surface area contributed by atoms with E-state index in [2.05, 4.69) is 5.32 Å². The molecule has 0 aliphatic rings. The molecular weight excluding hydrogens is 336 g/mol. The van der Waals surface area contributed by atoms with Gasteiger partial charge in [0.05, 0.1) is 5.52 Å². The molecule has 0 saturated carbocycles. The molecule has 3 rings (SSSR count). The molecule has 0 unspecified atom stereocenters. The average molecular weight is 355 g/mol. The predicted molar refractivity (Wildman–Crippen MR) is 101 cm³/mol. The van der Waals surface area contributed by atoms with E-state index in [1.54, 1.807) is 18.3 Å². The van der Waals surface area contributed by atoms with Crippen molar-refractivity contribution in [1.82, 2.24) is 9.88 Å². The molecule has 3 aromatic rings. The molecule has 0 bridgehead atoms. The maximum Gasteiger partial charge on any atom is 0.257 e. The summed E-state index contributed by atoms with van der Waals surface area (Å²) in [6.07, 6.45) is 1.64. The molecule has 0 atom stereocenters. The van der Waals surface area contributed by atoms with Gasteiger partial charge in [-0.3, -0.25) is 9.59 Å². The van der Waals surface area contributed by atoms with Crippen LogP contribution < -0.4 is 10.7 Å². The Balaban J connectivity index is 1.94. The minimum absolute atomic E-state index is 0.161. The number of nitrogens with one attached hydrogen (secondary N) is 1. The molecule has 0 radical (unpaired) electrons. The van der Waals surface area contributed by atoms with Crippen LogP contribution in [-0.2, 0) is 13.1 Å². The number of aromatic nitrogens is 1. The molecule has 0 aliphatic heterocycles. The van der Waals surface area contributed by atoms with Crippen LogP contribution >= 0.6 is 11.6 Å². The summed E-state index contributed by atoms with van der Waals surface area (Å²) in [6.45, 7) is 4.94. The van der Waals surface area contributed by atoms with Crippen molar-refractivity contribution in [3.63, 3.8) is 0 Å². The van der Waals surface area contributed by atoms with Gasteiger partial charge in [-0.15, -0.1) is 0 Å². The van der Waals surface area contributed by atoms with E-state index in [-0.39, 0.29) is 16.9 Å². The van der Waals surface area contributed by atoms with Crippen molar-refractivity contribution in [3.05, 3.63) is 80.6 Å². The maximum atomic E-state index is 12.8. The lowest BCUT2D eigenvalue weighted by Gasteiger charge is -2.12. The van der Waals surface area contributed by atoms with Crippen LogP contribution in [0.5, 0.6) is 0 Å². The number of halogens is 1. The van der Waals surface area contributed by atoms with Crippen LogP contribution in [0.2, 0.25) is 5.02 Å². The Kier molecular flexibility index (Phi) is 4.91. The molecule has 0 fully saturated rings. The highest BCUT2D eigenvalue weighted by Crippen LogP contribution is 2.14. The molecule has 1 heterocycles. The molecule has 0 aliphatic carbocycles. The Bertz CT molecular complexity index is 991. The van der Waals surface area contributed by atoms with Gasteiger partial charge in [-0.05, 0) is 43.7 Å². The van der Waals surface area contributed by atoms with Gasteiger partial charge in [-0.2, -0.15) is 0 Å². The zero-order valence-electron chi connectivity index (χ0n) is 14.2. The number of amides is 1. The summed E-state index contributed by atoms with van der Waals surface area (Å²) in [5.41, 5.74) is 2.68. The van der Waals surface area contributed by atoms with E-state index in [1.807, 2.05) is 48.7 Å². The number of carbonyl (C=O) groups is 1. The molecule has 2 aromatic carbocycles. The van der Waals surface area contributed by atoms with Gasteiger partial charge in [0.1, 0.15) is 5.56 Å². The number of fused-ring (bicyclic) bond motifs is 1. The highest BCUT2D eigenvalue weighted by atomic mass is 35.5. The van der Waals surface area contributed by atoms with Crippen molar-refractivity contribution in [2.75, 3.05) is 0 Å². The van der Waals surface area contributed by atoms with Crippen LogP contribution in [0, 0.1) is 6.92 Å². The summed E-state index contributed by atoms with van der Waals surface area (Å²) in [5, 5.41) is 4.03. The van der Waals surface area contributed by atoms with E-state index in [9.17, 15) is 9.59 Å². The normalized spacial score (nSPS) is 10.8. The first kappa shape index (κ1) is 17.2. The largest absolute Gasteiger partial charge is 0.348 e. The van der Waals surface area contributed by atoms with Crippen LogP contribution in [-0.4, -0.2) is 10.5 Å². The van der Waals surface area contributed by atoms with Gasteiger partial charge >= 0.3 is 0 Å². The summed E-state index contributed by atoms with van der Waals surface area (Å²) in [7, 11) is 0. The molecular formula is C20H19ClN2O2. The topological polar surface area (TPSA) is 51.1 Å². The molecule has 0 saturated heterocycles. The molecule has 1 N–H and O–H groups in total. The fourth-order valence-corrected chi connectivity index (χ4v) is 2.94. The number of hydrogen-bond donors (Lipinski definition) is 1. The highest BCUT2D eigenvalue weighted by Gasteiger charge is 2.15. The van der Waals surface area contributed by atoms with Crippen molar-refractivity contribution in [1.29, 1.82) is 0 Å². The molecule has 4 nitrogen and oxygen atoms in total. The van der Waals surface area contributed by atoms with Crippen LogP contribution in [0.25, 0.3) is 10.9 Å². The minimum atomic E-state index is -0.370. The second-order valence-corrected chi connectivity index (χ2v) is 6.42. The first-order valence-electron chi connectivity index (χ1n) is 8.16. The lowest BCUT2D eigenvalue weighted by Crippen LogP contribution is -2.29. The quantitative estimate of drug-likeness (QED) is 0.772. The Hall–Kier alpha value is -2.59. The van der Waals surface area contributed by atoms with E-state index in [4.69, 9.17) is 11.6 Å². The summed E-state index contributed by atoms with van der Waals surface area (Å²) < 4.78 is 1.92. The van der Waals surface area contributed by atoms with Gasteiger partial charge in [0.15, 0.2) is 0 Å². The molecule has 1 amide bonds. The van der Waals surface area contributed by atoms with E-state index < -0.39 is 0 Å². The number of aryl methyl sites for hydroxylation is 2. The summed E-state index contributed by atoms with van der Waals surface area (Å²) >= 11 is 5.86. The number of hydrogen-bond acceptors (Lipinski definition) is 2. The number of nitrogens with zero attached hydrogens (tertiary/aromatic N) is 1. The Labute approximate surface area is 151 Å². The Morgan fingerprint density at radius 2 is 1.88 bits per heavy atom. The maximum absolute atomic E-state index is 12.8. The van der Waals surface area contributed by atoms with Gasteiger partial charge in [0, 0.05) is 29.7 Å². The minimum Gasteiger partial charge on any atom is -0.348 e. The lowest BCUT2D eigenvalue weighted by molar-refractivity contribution is 0.0949. The SMILES string of the molecule is CCn1cc(C(=O)NCc2ccc(Cl)cc2)c(=O)c2cc(C)ccc21. The number of carbonyl (C=O) groups excluding carboxylic acids is 1. The molecule has 5 heteroatoms. The van der Waals surface area contributed by atoms with Gasteiger partial charge < -0.3 is 9.88 Å². The number of benzene rings is 2. The highest BCUT2D eigenvalue weighted by molar-refractivity contribution is 6.30. The van der Waals surface area contributed by atoms with Crippen molar-refractivity contribution in [3.8, 4) is 0 Å². The first-order chi connectivity index (χ1) is 12.0. The Morgan fingerprint density at radius 1 is 1.16 bits per heavy atom. The third-order valence-electron chi connectivity index (χ3n) is 4.19. The van der Waals surface area contributed by atoms with Gasteiger partial charge in [-0.1, -0.05) is 35.4 Å². The van der Waals surface area contributed by atoms with Crippen molar-refractivity contribution in [2.24, 2.45) is 0 Å². The van der Waals surface area contributed by atoms with Crippen molar-refractivity contribution < 1.29 is 4.79 Å². The summed E-state index contributed by atoms with van der Waals surface area (Å²) in [6, 6.07) is 12.9. The predicted octanol–water partition coefficient (Wildman–Crippen LogP) is 3.91. The second-order valence-electron chi connectivity index (χ2n) is 5.99. The average Bonchev–Trinajstić information content (AvgIpc) is 2.61. The monoisotopic (exact) mass is 354 g/mol. The van der Waals surface area contributed by atoms with Gasteiger partial charge in [-0.25, -0.2) is 0 Å². The lowest BCUT2D eigenvalue weighted by atomic mass is 10.1. The van der Waals surface area contributed by atoms with E-state index >= 15 is 0 Å². The van der Waals surface area contributed by atoms with Crippen LogP contribution in [0.4, 0.5) is 0 Å². The van der Waals surface area contributed by atoms with Crippen molar-refractivity contribution >= 4 is 28.4 Å². The fraction of sp³-hybridized carbons (Fsp3) is 0.200. The standard InChI is InChI=1S/C20H19ClN2O2/c1-3-23-12-17(19(24)16-10-13(2)4-9-18(16)23)20(25)22-11-14-5-7-15(21)8-6-14/h4-10,12H,3,11H2,1-2H3,(H,22,25). The third kappa shape index (κ3) is 3.59. The first-order valence-corrected chi connectivity index (χ1v) is 8.54. The zero-order valence-corrected chi connectivity index (χ0v) is 14.9. The zero-order chi connectivity index (χ0) is 18.0. The smallest absolute Gasteiger partial charge is 0.257 e. The van der Waals surface area contributed by atoms with Gasteiger partial charge in [0.25, 0.3) is 5.91 Å². The molecule has 25 heavy (non-hydrogen) atoms. The molecule has 0 spiro atoms.